The zero-order chi connectivity index (χ0) is 16.5. The molecule has 1 aliphatic carbocycles. The van der Waals surface area contributed by atoms with Gasteiger partial charge in [-0.15, -0.1) is 0 Å². The molecule has 0 saturated carbocycles. The Labute approximate surface area is 147 Å². The highest BCUT2D eigenvalue weighted by Crippen LogP contribution is 2.26. The van der Waals surface area contributed by atoms with Gasteiger partial charge in [-0.05, 0) is 25.8 Å². The molecular weight excluding hydrogens is 373 g/mol. The van der Waals surface area contributed by atoms with Gasteiger partial charge in [0.2, 0.25) is 0 Å². The van der Waals surface area contributed by atoms with Crippen LogP contribution in [0.15, 0.2) is 12.2 Å². The van der Waals surface area contributed by atoms with E-state index in [1.807, 2.05) is 13.8 Å². The van der Waals surface area contributed by atoms with Gasteiger partial charge in [-0.1, -0.05) is 95.0 Å². The third-order valence-corrected chi connectivity index (χ3v) is 4.21. The van der Waals surface area contributed by atoms with Crippen molar-refractivity contribution in [2.24, 2.45) is 5.92 Å². The standard InChI is InChI=1S/C10H17INO.C6H14.C2H6/c1-2-7-12-10(13)8-3-5-9(11)6-4-8;1-3-5-6-4-2;1-2/h3,5,8-9,12-13H,2,4,6-7H2,1H3;3-6H2,1-2H3;1-2H3. The van der Waals surface area contributed by atoms with Gasteiger partial charge in [-0.2, -0.15) is 0 Å². The van der Waals surface area contributed by atoms with Gasteiger partial charge >= 0.3 is 0 Å². The van der Waals surface area contributed by atoms with Crippen LogP contribution in [-0.4, -0.2) is 15.6 Å². The molecule has 2 N–H and O–H groups in total. The Morgan fingerprint density at radius 1 is 1.05 bits per heavy atom. The quantitative estimate of drug-likeness (QED) is 0.226. The molecule has 0 saturated heterocycles. The molecule has 0 heterocycles. The van der Waals surface area contributed by atoms with Crippen LogP contribution in [-0.2, 0) is 0 Å². The number of aliphatic hydroxyl groups is 1. The number of aliphatic hydroxyl groups excluding tert-OH is 1. The van der Waals surface area contributed by atoms with Crippen molar-refractivity contribution in [2.45, 2.75) is 83.5 Å². The summed E-state index contributed by atoms with van der Waals surface area (Å²) in [5.41, 5.74) is 0. The summed E-state index contributed by atoms with van der Waals surface area (Å²) >= 11 is 2.42. The van der Waals surface area contributed by atoms with Crippen molar-refractivity contribution in [1.29, 1.82) is 0 Å². The van der Waals surface area contributed by atoms with E-state index in [1.165, 1.54) is 32.1 Å². The molecule has 1 rings (SSSR count). The number of rotatable bonds is 7. The van der Waals surface area contributed by atoms with E-state index in [-0.39, 0.29) is 5.92 Å². The van der Waals surface area contributed by atoms with Crippen molar-refractivity contribution in [3.8, 4) is 0 Å². The number of hydrogen-bond donors (Lipinski definition) is 2. The van der Waals surface area contributed by atoms with E-state index in [9.17, 15) is 5.11 Å². The number of unbranched alkanes of at least 4 members (excludes halogenated alkanes) is 3. The molecule has 0 aromatic rings. The van der Waals surface area contributed by atoms with Crippen LogP contribution in [0.25, 0.3) is 0 Å². The number of allylic oxidation sites excluding steroid dienone is 1. The summed E-state index contributed by atoms with van der Waals surface area (Å²) in [6, 6.07) is 0. The Morgan fingerprint density at radius 3 is 2.00 bits per heavy atom. The van der Waals surface area contributed by atoms with Crippen LogP contribution in [0.5, 0.6) is 0 Å². The monoisotopic (exact) mass is 410 g/mol. The number of hydrogen-bond acceptors (Lipinski definition) is 2. The third-order valence-electron chi connectivity index (χ3n) is 3.17. The Morgan fingerprint density at radius 2 is 1.62 bits per heavy atom. The molecule has 0 fully saturated rings. The molecule has 2 unspecified atom stereocenters. The molecule has 1 radical (unpaired) electrons. The SMILES string of the molecule is CC.CCCCCC.CCCN[C](O)C1C=CC(I)CC1. The molecule has 0 spiro atoms. The highest BCUT2D eigenvalue weighted by Gasteiger charge is 2.21. The molecule has 0 aromatic carbocycles. The van der Waals surface area contributed by atoms with Gasteiger partial charge in [0.1, 0.15) is 0 Å². The average molecular weight is 410 g/mol. The normalized spacial score (nSPS) is 20.4. The highest BCUT2D eigenvalue weighted by molar-refractivity contribution is 14.1. The van der Waals surface area contributed by atoms with Gasteiger partial charge in [0.15, 0.2) is 6.23 Å². The minimum absolute atomic E-state index is 0.234. The Kier molecular flexibility index (Phi) is 20.8. The Bertz CT molecular complexity index is 217. The number of halogens is 1. The van der Waals surface area contributed by atoms with Crippen LogP contribution in [0.3, 0.4) is 0 Å². The maximum atomic E-state index is 9.64. The molecule has 0 amide bonds. The molecule has 0 aliphatic heterocycles. The lowest BCUT2D eigenvalue weighted by Crippen LogP contribution is -2.29. The van der Waals surface area contributed by atoms with Gasteiger partial charge in [0, 0.05) is 9.84 Å². The maximum Gasteiger partial charge on any atom is 0.165 e. The fourth-order valence-electron chi connectivity index (χ4n) is 1.90. The molecule has 127 valence electrons. The van der Waals surface area contributed by atoms with E-state index in [1.54, 1.807) is 0 Å². The number of nitrogens with one attached hydrogen (secondary N) is 1. The summed E-state index contributed by atoms with van der Waals surface area (Å²) in [7, 11) is 0. The van der Waals surface area contributed by atoms with Crippen molar-refractivity contribution >= 4 is 22.6 Å². The smallest absolute Gasteiger partial charge is 0.165 e. The second-order valence-electron chi connectivity index (χ2n) is 5.10. The van der Waals surface area contributed by atoms with Crippen molar-refractivity contribution in [1.82, 2.24) is 5.32 Å². The topological polar surface area (TPSA) is 32.3 Å². The van der Waals surface area contributed by atoms with Crippen LogP contribution < -0.4 is 5.32 Å². The predicted molar refractivity (Wildman–Crippen MR) is 104 cm³/mol. The largest absolute Gasteiger partial charge is 0.371 e. The van der Waals surface area contributed by atoms with Crippen LogP contribution in [0.4, 0.5) is 0 Å². The molecule has 0 bridgehead atoms. The third kappa shape index (κ3) is 15.1. The van der Waals surface area contributed by atoms with Gasteiger partial charge in [-0.25, -0.2) is 0 Å². The van der Waals surface area contributed by atoms with Crippen molar-refractivity contribution < 1.29 is 5.11 Å². The second-order valence-corrected chi connectivity index (χ2v) is 6.70. The molecule has 2 atom stereocenters. The molecule has 21 heavy (non-hydrogen) atoms. The molecule has 2 nitrogen and oxygen atoms in total. The summed E-state index contributed by atoms with van der Waals surface area (Å²) in [5, 5.41) is 12.7. The molecular formula is C18H37INO. The van der Waals surface area contributed by atoms with Crippen LogP contribution >= 0.6 is 22.6 Å². The van der Waals surface area contributed by atoms with Gasteiger partial charge < -0.3 is 5.11 Å². The van der Waals surface area contributed by atoms with E-state index in [0.29, 0.717) is 10.2 Å². The minimum Gasteiger partial charge on any atom is -0.371 e. The molecule has 3 heteroatoms. The van der Waals surface area contributed by atoms with Gasteiger partial charge in [0.25, 0.3) is 0 Å². The van der Waals surface area contributed by atoms with Gasteiger partial charge in [-0.3, -0.25) is 5.32 Å². The molecule has 1 aliphatic rings. The van der Waals surface area contributed by atoms with Crippen LogP contribution in [0, 0.1) is 12.1 Å². The summed E-state index contributed by atoms with van der Waals surface area (Å²) < 4.78 is 0.646. The van der Waals surface area contributed by atoms with E-state index < -0.39 is 0 Å². The maximum absolute atomic E-state index is 9.64. The Hall–Kier alpha value is 0.390. The second kappa shape index (κ2) is 18.4. The fraction of sp³-hybridized carbons (Fsp3) is 0.833. The van der Waals surface area contributed by atoms with Crippen LogP contribution in [0.2, 0.25) is 0 Å². The summed E-state index contributed by atoms with van der Waals surface area (Å²) in [5.74, 6) is 0.234. The summed E-state index contributed by atoms with van der Waals surface area (Å²) in [4.78, 5) is 0. The first-order chi connectivity index (χ1) is 10.2. The zero-order valence-corrected chi connectivity index (χ0v) is 16.9. The lowest BCUT2D eigenvalue weighted by molar-refractivity contribution is 0.203. The average Bonchev–Trinajstić information content (AvgIpc) is 2.53. The van der Waals surface area contributed by atoms with E-state index in [2.05, 4.69) is 60.8 Å². The summed E-state index contributed by atoms with van der Waals surface area (Å²) in [6.07, 6.45) is 13.6. The lowest BCUT2D eigenvalue weighted by atomic mass is 9.94. The van der Waals surface area contributed by atoms with Gasteiger partial charge in [0.05, 0.1) is 0 Å². The van der Waals surface area contributed by atoms with Crippen molar-refractivity contribution in [3.63, 3.8) is 0 Å². The van der Waals surface area contributed by atoms with E-state index in [0.717, 1.165) is 19.4 Å². The highest BCUT2D eigenvalue weighted by atomic mass is 127. The minimum atomic E-state index is 0.234. The van der Waals surface area contributed by atoms with E-state index in [4.69, 9.17) is 0 Å². The lowest BCUT2D eigenvalue weighted by Gasteiger charge is -2.23. The van der Waals surface area contributed by atoms with Crippen molar-refractivity contribution in [2.75, 3.05) is 6.54 Å². The first kappa shape index (κ1) is 23.7. The first-order valence-electron chi connectivity index (χ1n) is 8.77. The summed E-state index contributed by atoms with van der Waals surface area (Å²) in [6.45, 7) is 11.4. The van der Waals surface area contributed by atoms with E-state index >= 15 is 0 Å². The zero-order valence-electron chi connectivity index (χ0n) is 14.8. The molecule has 0 aromatic heterocycles. The predicted octanol–water partition coefficient (Wildman–Crippen LogP) is 6.23. The van der Waals surface area contributed by atoms with Crippen LogP contribution in [0.1, 0.15) is 79.6 Å². The number of alkyl halides is 1. The van der Waals surface area contributed by atoms with Crippen molar-refractivity contribution in [3.05, 3.63) is 18.4 Å². The fourth-order valence-corrected chi connectivity index (χ4v) is 2.50. The Balaban J connectivity index is 0. The first-order valence-corrected chi connectivity index (χ1v) is 10.0.